The summed E-state index contributed by atoms with van der Waals surface area (Å²) in [6.45, 7) is 2.72. The standard InChI is InChI=1S/C19H20N6O3/c26-17-12-24(8-6-20-17)16-5-4-14(11-22-16)23-18(27)13-2-1-3-15(10-13)25-9-7-21-19(25)28/h1-5,10-11H,6-9,12H2,(H,20,26)(H,21,28)(H,23,27). The molecule has 0 aliphatic carbocycles. The molecule has 9 nitrogen and oxygen atoms in total. The maximum atomic E-state index is 12.6. The third-order valence-electron chi connectivity index (χ3n) is 4.64. The minimum atomic E-state index is -0.284. The maximum Gasteiger partial charge on any atom is 0.321 e. The van der Waals surface area contributed by atoms with Crippen molar-refractivity contribution in [1.29, 1.82) is 0 Å². The van der Waals surface area contributed by atoms with Crippen molar-refractivity contribution in [3.63, 3.8) is 0 Å². The second kappa shape index (κ2) is 7.55. The van der Waals surface area contributed by atoms with Crippen LogP contribution >= 0.6 is 0 Å². The van der Waals surface area contributed by atoms with Crippen LogP contribution < -0.4 is 25.8 Å². The summed E-state index contributed by atoms with van der Waals surface area (Å²) in [4.78, 5) is 43.7. The molecule has 0 bridgehead atoms. The Kier molecular flexibility index (Phi) is 4.79. The van der Waals surface area contributed by atoms with Gasteiger partial charge in [0, 0.05) is 37.4 Å². The summed E-state index contributed by atoms with van der Waals surface area (Å²) in [7, 11) is 0. The average molecular weight is 380 g/mol. The first-order valence-corrected chi connectivity index (χ1v) is 9.05. The van der Waals surface area contributed by atoms with Crippen LogP contribution in [0, 0.1) is 0 Å². The minimum absolute atomic E-state index is 0.0306. The first-order chi connectivity index (χ1) is 13.6. The van der Waals surface area contributed by atoms with Crippen molar-refractivity contribution in [3.8, 4) is 0 Å². The normalized spacial score (nSPS) is 16.6. The number of nitrogens with zero attached hydrogens (tertiary/aromatic N) is 3. The molecule has 3 heterocycles. The van der Waals surface area contributed by atoms with Gasteiger partial charge in [0.1, 0.15) is 5.82 Å². The lowest BCUT2D eigenvalue weighted by Gasteiger charge is -2.27. The van der Waals surface area contributed by atoms with Gasteiger partial charge in [0.05, 0.1) is 18.4 Å². The van der Waals surface area contributed by atoms with Crippen LogP contribution in [0.1, 0.15) is 10.4 Å². The Balaban J connectivity index is 1.43. The quantitative estimate of drug-likeness (QED) is 0.727. The van der Waals surface area contributed by atoms with Gasteiger partial charge in [-0.15, -0.1) is 0 Å². The molecule has 2 fully saturated rings. The lowest BCUT2D eigenvalue weighted by Crippen LogP contribution is -2.48. The molecule has 28 heavy (non-hydrogen) atoms. The number of rotatable bonds is 4. The molecule has 4 amide bonds. The lowest BCUT2D eigenvalue weighted by atomic mass is 10.1. The molecule has 144 valence electrons. The topological polar surface area (TPSA) is 107 Å². The molecule has 2 aliphatic rings. The Labute approximate surface area is 161 Å². The van der Waals surface area contributed by atoms with Crippen LogP contribution in [0.25, 0.3) is 0 Å². The van der Waals surface area contributed by atoms with Crippen LogP contribution in [0.4, 0.5) is 22.0 Å². The summed E-state index contributed by atoms with van der Waals surface area (Å²) in [5, 5.41) is 8.32. The predicted octanol–water partition coefficient (Wildman–Crippen LogP) is 0.800. The fraction of sp³-hybridized carbons (Fsp3) is 0.263. The number of hydrogen-bond donors (Lipinski definition) is 3. The largest absolute Gasteiger partial charge is 0.353 e. The molecule has 1 aromatic heterocycles. The highest BCUT2D eigenvalue weighted by molar-refractivity contribution is 6.05. The van der Waals surface area contributed by atoms with Crippen LogP contribution in [-0.2, 0) is 4.79 Å². The second-order valence-electron chi connectivity index (χ2n) is 6.56. The summed E-state index contributed by atoms with van der Waals surface area (Å²) < 4.78 is 0. The van der Waals surface area contributed by atoms with E-state index in [9.17, 15) is 14.4 Å². The number of benzene rings is 1. The van der Waals surface area contributed by atoms with E-state index in [1.807, 2.05) is 4.90 Å². The van der Waals surface area contributed by atoms with E-state index in [0.29, 0.717) is 48.9 Å². The van der Waals surface area contributed by atoms with Crippen molar-refractivity contribution in [2.45, 2.75) is 0 Å². The van der Waals surface area contributed by atoms with Crippen LogP contribution in [-0.4, -0.2) is 55.6 Å². The van der Waals surface area contributed by atoms with Gasteiger partial charge < -0.3 is 20.9 Å². The van der Waals surface area contributed by atoms with E-state index >= 15 is 0 Å². The third-order valence-corrected chi connectivity index (χ3v) is 4.64. The summed E-state index contributed by atoms with van der Waals surface area (Å²) >= 11 is 0. The molecule has 2 aliphatic heterocycles. The molecular weight excluding hydrogens is 360 g/mol. The number of nitrogens with one attached hydrogen (secondary N) is 3. The molecule has 2 aromatic rings. The number of urea groups is 1. The van der Waals surface area contributed by atoms with Crippen LogP contribution in [0.5, 0.6) is 0 Å². The third kappa shape index (κ3) is 3.73. The van der Waals surface area contributed by atoms with Crippen molar-refractivity contribution in [1.82, 2.24) is 15.6 Å². The van der Waals surface area contributed by atoms with Gasteiger partial charge in [0.2, 0.25) is 5.91 Å². The lowest BCUT2D eigenvalue weighted by molar-refractivity contribution is -0.120. The van der Waals surface area contributed by atoms with E-state index in [0.717, 1.165) is 0 Å². The van der Waals surface area contributed by atoms with Crippen molar-refractivity contribution in [3.05, 3.63) is 48.2 Å². The molecule has 0 saturated carbocycles. The molecule has 0 atom stereocenters. The van der Waals surface area contributed by atoms with Gasteiger partial charge in [-0.25, -0.2) is 9.78 Å². The number of hydrogen-bond acceptors (Lipinski definition) is 5. The van der Waals surface area contributed by atoms with Gasteiger partial charge in [-0.05, 0) is 30.3 Å². The fourth-order valence-corrected chi connectivity index (χ4v) is 3.22. The number of pyridine rings is 1. The molecule has 0 radical (unpaired) electrons. The molecule has 2 saturated heterocycles. The van der Waals surface area contributed by atoms with Crippen LogP contribution in [0.3, 0.4) is 0 Å². The molecule has 4 rings (SSSR count). The van der Waals surface area contributed by atoms with E-state index < -0.39 is 0 Å². The fourth-order valence-electron chi connectivity index (χ4n) is 3.22. The SMILES string of the molecule is O=C1CN(c2ccc(NC(=O)c3cccc(N4CCNC4=O)c3)cn2)CCN1. The Morgan fingerprint density at radius 3 is 2.64 bits per heavy atom. The number of amides is 4. The zero-order chi connectivity index (χ0) is 19.5. The van der Waals surface area contributed by atoms with Crippen molar-refractivity contribution in [2.24, 2.45) is 0 Å². The number of carbonyl (C=O) groups excluding carboxylic acids is 3. The highest BCUT2D eigenvalue weighted by Gasteiger charge is 2.22. The highest BCUT2D eigenvalue weighted by atomic mass is 16.2. The first-order valence-electron chi connectivity index (χ1n) is 9.05. The Morgan fingerprint density at radius 1 is 1.07 bits per heavy atom. The number of aromatic nitrogens is 1. The smallest absolute Gasteiger partial charge is 0.321 e. The van der Waals surface area contributed by atoms with E-state index in [1.165, 1.54) is 0 Å². The van der Waals surface area contributed by atoms with Crippen molar-refractivity contribution >= 4 is 35.0 Å². The van der Waals surface area contributed by atoms with E-state index in [1.54, 1.807) is 47.5 Å². The Morgan fingerprint density at radius 2 is 1.93 bits per heavy atom. The number of piperazine rings is 1. The molecular formula is C19H20N6O3. The van der Waals surface area contributed by atoms with Gasteiger partial charge >= 0.3 is 6.03 Å². The Hall–Kier alpha value is -3.62. The van der Waals surface area contributed by atoms with Gasteiger partial charge in [-0.2, -0.15) is 0 Å². The van der Waals surface area contributed by atoms with E-state index in [4.69, 9.17) is 0 Å². The van der Waals surface area contributed by atoms with Gasteiger partial charge in [-0.3, -0.25) is 14.5 Å². The van der Waals surface area contributed by atoms with Gasteiger partial charge in [0.15, 0.2) is 0 Å². The predicted molar refractivity (Wildman–Crippen MR) is 105 cm³/mol. The van der Waals surface area contributed by atoms with Crippen LogP contribution in [0.2, 0.25) is 0 Å². The summed E-state index contributed by atoms with van der Waals surface area (Å²) in [5.41, 5.74) is 1.69. The van der Waals surface area contributed by atoms with Crippen molar-refractivity contribution in [2.75, 3.05) is 47.8 Å². The summed E-state index contributed by atoms with van der Waals surface area (Å²) in [5.74, 6) is 0.375. The van der Waals surface area contributed by atoms with Gasteiger partial charge in [0.25, 0.3) is 5.91 Å². The monoisotopic (exact) mass is 380 g/mol. The zero-order valence-electron chi connectivity index (χ0n) is 15.1. The summed E-state index contributed by atoms with van der Waals surface area (Å²) in [6.07, 6.45) is 1.57. The summed E-state index contributed by atoms with van der Waals surface area (Å²) in [6, 6.07) is 10.3. The molecule has 1 aromatic carbocycles. The maximum absolute atomic E-state index is 12.6. The highest BCUT2D eigenvalue weighted by Crippen LogP contribution is 2.20. The molecule has 0 unspecified atom stereocenters. The van der Waals surface area contributed by atoms with Gasteiger partial charge in [-0.1, -0.05) is 6.07 Å². The molecule has 3 N–H and O–H groups in total. The van der Waals surface area contributed by atoms with E-state index in [-0.39, 0.29) is 24.4 Å². The van der Waals surface area contributed by atoms with Crippen molar-refractivity contribution < 1.29 is 14.4 Å². The first kappa shape index (κ1) is 17.8. The Bertz CT molecular complexity index is 914. The average Bonchev–Trinajstić information content (AvgIpc) is 3.14. The molecule has 9 heteroatoms. The zero-order valence-corrected chi connectivity index (χ0v) is 15.1. The van der Waals surface area contributed by atoms with E-state index in [2.05, 4.69) is 20.9 Å². The second-order valence-corrected chi connectivity index (χ2v) is 6.56. The van der Waals surface area contributed by atoms with Crippen LogP contribution in [0.15, 0.2) is 42.6 Å². The minimum Gasteiger partial charge on any atom is -0.353 e. The number of carbonyl (C=O) groups is 3. The molecule has 0 spiro atoms. The number of anilines is 3.